The van der Waals surface area contributed by atoms with E-state index in [1.165, 1.54) is 9.80 Å². The lowest BCUT2D eigenvalue weighted by Gasteiger charge is -2.24. The number of carbonyl (C=O) groups excluding carboxylic acids is 1. The summed E-state index contributed by atoms with van der Waals surface area (Å²) in [5, 5.41) is 8.56. The smallest absolute Gasteiger partial charge is 0.319 e. The highest BCUT2D eigenvalue weighted by Gasteiger charge is 2.15. The van der Waals surface area contributed by atoms with Crippen LogP contribution >= 0.6 is 0 Å². The second-order valence-electron chi connectivity index (χ2n) is 4.03. The highest BCUT2D eigenvalue weighted by Crippen LogP contribution is 2.02. The Labute approximate surface area is 106 Å². The first-order valence-electron chi connectivity index (χ1n) is 5.58. The predicted molar refractivity (Wildman–Crippen MR) is 66.0 cm³/mol. The fourth-order valence-electron chi connectivity index (χ4n) is 1.45. The van der Waals surface area contributed by atoms with Gasteiger partial charge in [0.25, 0.3) is 0 Å². The summed E-state index contributed by atoms with van der Waals surface area (Å²) < 4.78 is 0. The monoisotopic (exact) mass is 251 g/mol. The van der Waals surface area contributed by atoms with Crippen LogP contribution in [0, 0.1) is 0 Å². The van der Waals surface area contributed by atoms with Crippen LogP contribution in [0.4, 0.5) is 4.79 Å². The number of hydrogen-bond acceptors (Lipinski definition) is 3. The van der Waals surface area contributed by atoms with E-state index in [9.17, 15) is 9.59 Å². The Morgan fingerprint density at radius 3 is 2.56 bits per heavy atom. The lowest BCUT2D eigenvalue weighted by molar-refractivity contribution is -0.137. The van der Waals surface area contributed by atoms with Crippen molar-refractivity contribution in [3.63, 3.8) is 0 Å². The zero-order valence-electron chi connectivity index (χ0n) is 10.5. The minimum absolute atomic E-state index is 0.0559. The van der Waals surface area contributed by atoms with Gasteiger partial charge in [-0.3, -0.25) is 9.78 Å². The van der Waals surface area contributed by atoms with E-state index in [0.29, 0.717) is 6.54 Å². The van der Waals surface area contributed by atoms with E-state index < -0.39 is 5.97 Å². The first-order chi connectivity index (χ1) is 8.50. The molecule has 6 heteroatoms. The molecule has 2 amide bonds. The standard InChI is InChI=1S/C12H17N3O3/c1-14(8-6-11(16)17)12(18)15(2)9-10-5-3-4-7-13-10/h3-5,7H,6,8-9H2,1-2H3,(H,16,17). The molecule has 1 rings (SSSR count). The molecular weight excluding hydrogens is 234 g/mol. The van der Waals surface area contributed by atoms with Gasteiger partial charge in [-0.2, -0.15) is 0 Å². The molecule has 1 aromatic heterocycles. The van der Waals surface area contributed by atoms with E-state index >= 15 is 0 Å². The normalized spacial score (nSPS) is 9.89. The second kappa shape index (κ2) is 6.58. The van der Waals surface area contributed by atoms with Crippen molar-refractivity contribution in [2.24, 2.45) is 0 Å². The summed E-state index contributed by atoms with van der Waals surface area (Å²) in [5.74, 6) is -0.915. The van der Waals surface area contributed by atoms with Gasteiger partial charge in [0, 0.05) is 26.8 Å². The SMILES string of the molecule is CN(CCC(=O)O)C(=O)N(C)Cc1ccccn1. The average molecular weight is 251 g/mol. The van der Waals surface area contributed by atoms with Gasteiger partial charge >= 0.3 is 12.0 Å². The van der Waals surface area contributed by atoms with Gasteiger partial charge in [-0.05, 0) is 12.1 Å². The molecule has 1 N–H and O–H groups in total. The number of urea groups is 1. The van der Waals surface area contributed by atoms with Crippen molar-refractivity contribution in [1.82, 2.24) is 14.8 Å². The number of carboxylic acids is 1. The van der Waals surface area contributed by atoms with Crippen LogP contribution in [-0.2, 0) is 11.3 Å². The summed E-state index contributed by atoms with van der Waals surface area (Å²) in [6, 6.07) is 5.28. The third kappa shape index (κ3) is 4.40. The summed E-state index contributed by atoms with van der Waals surface area (Å²) in [6.45, 7) is 0.595. The number of hydrogen-bond donors (Lipinski definition) is 1. The van der Waals surface area contributed by atoms with Gasteiger partial charge in [0.15, 0.2) is 0 Å². The van der Waals surface area contributed by atoms with Crippen LogP contribution in [0.2, 0.25) is 0 Å². The molecule has 1 heterocycles. The maximum Gasteiger partial charge on any atom is 0.319 e. The minimum Gasteiger partial charge on any atom is -0.481 e. The van der Waals surface area contributed by atoms with Gasteiger partial charge in [0.05, 0.1) is 18.7 Å². The molecule has 0 atom stereocenters. The Balaban J connectivity index is 2.48. The Hall–Kier alpha value is -2.11. The molecule has 0 aliphatic rings. The predicted octanol–water partition coefficient (Wildman–Crippen LogP) is 1.04. The number of aliphatic carboxylic acids is 1. The lowest BCUT2D eigenvalue weighted by atomic mass is 10.3. The number of amides is 2. The first kappa shape index (κ1) is 14.0. The van der Waals surface area contributed by atoms with Crippen LogP contribution < -0.4 is 0 Å². The third-order valence-electron chi connectivity index (χ3n) is 2.44. The van der Waals surface area contributed by atoms with Crippen LogP contribution in [0.25, 0.3) is 0 Å². The lowest BCUT2D eigenvalue weighted by Crippen LogP contribution is -2.39. The molecule has 0 aromatic carbocycles. The fraction of sp³-hybridized carbons (Fsp3) is 0.417. The van der Waals surface area contributed by atoms with Crippen molar-refractivity contribution < 1.29 is 14.7 Å². The number of carboxylic acid groups (broad SMARTS) is 1. The number of rotatable bonds is 5. The van der Waals surface area contributed by atoms with E-state index in [1.54, 1.807) is 20.3 Å². The van der Waals surface area contributed by atoms with E-state index in [2.05, 4.69) is 4.98 Å². The van der Waals surface area contributed by atoms with E-state index in [1.807, 2.05) is 18.2 Å². The van der Waals surface area contributed by atoms with Crippen molar-refractivity contribution in [2.75, 3.05) is 20.6 Å². The summed E-state index contributed by atoms with van der Waals surface area (Å²) in [4.78, 5) is 29.3. The van der Waals surface area contributed by atoms with E-state index in [-0.39, 0.29) is 19.0 Å². The quantitative estimate of drug-likeness (QED) is 0.848. The molecular formula is C12H17N3O3. The van der Waals surface area contributed by atoms with Gasteiger partial charge in [-0.1, -0.05) is 6.07 Å². The Kier molecular flexibility index (Phi) is 5.10. The zero-order chi connectivity index (χ0) is 13.5. The van der Waals surface area contributed by atoms with Crippen molar-refractivity contribution in [3.05, 3.63) is 30.1 Å². The van der Waals surface area contributed by atoms with Crippen molar-refractivity contribution in [1.29, 1.82) is 0 Å². The molecule has 1 aromatic rings. The molecule has 0 saturated heterocycles. The van der Waals surface area contributed by atoms with Crippen LogP contribution in [0.5, 0.6) is 0 Å². The van der Waals surface area contributed by atoms with Gasteiger partial charge in [0.2, 0.25) is 0 Å². The first-order valence-corrected chi connectivity index (χ1v) is 5.58. The van der Waals surface area contributed by atoms with Crippen molar-refractivity contribution >= 4 is 12.0 Å². The van der Waals surface area contributed by atoms with Crippen LogP contribution in [0.1, 0.15) is 12.1 Å². The largest absolute Gasteiger partial charge is 0.481 e. The van der Waals surface area contributed by atoms with E-state index in [4.69, 9.17) is 5.11 Å². The zero-order valence-corrected chi connectivity index (χ0v) is 10.5. The highest BCUT2D eigenvalue weighted by molar-refractivity contribution is 5.74. The number of carbonyl (C=O) groups is 2. The number of aromatic nitrogens is 1. The molecule has 0 bridgehead atoms. The Morgan fingerprint density at radius 2 is 2.00 bits per heavy atom. The second-order valence-corrected chi connectivity index (χ2v) is 4.03. The molecule has 18 heavy (non-hydrogen) atoms. The van der Waals surface area contributed by atoms with Crippen LogP contribution in [-0.4, -0.2) is 52.5 Å². The molecule has 0 aliphatic heterocycles. The van der Waals surface area contributed by atoms with Gasteiger partial charge < -0.3 is 14.9 Å². The van der Waals surface area contributed by atoms with Crippen LogP contribution in [0.15, 0.2) is 24.4 Å². The molecule has 0 saturated carbocycles. The topological polar surface area (TPSA) is 73.7 Å². The molecule has 98 valence electrons. The Morgan fingerprint density at radius 1 is 1.28 bits per heavy atom. The summed E-state index contributed by atoms with van der Waals surface area (Å²) in [6.07, 6.45) is 1.61. The van der Waals surface area contributed by atoms with E-state index in [0.717, 1.165) is 5.69 Å². The van der Waals surface area contributed by atoms with Crippen LogP contribution in [0.3, 0.4) is 0 Å². The number of nitrogens with zero attached hydrogens (tertiary/aromatic N) is 3. The molecule has 0 radical (unpaired) electrons. The van der Waals surface area contributed by atoms with Gasteiger partial charge in [0.1, 0.15) is 0 Å². The fourth-order valence-corrected chi connectivity index (χ4v) is 1.45. The summed E-state index contributed by atoms with van der Waals surface area (Å²) in [7, 11) is 3.24. The average Bonchev–Trinajstić information content (AvgIpc) is 2.36. The summed E-state index contributed by atoms with van der Waals surface area (Å²) >= 11 is 0. The Bertz CT molecular complexity index is 408. The minimum atomic E-state index is -0.915. The number of pyridine rings is 1. The molecule has 0 unspecified atom stereocenters. The molecule has 0 spiro atoms. The maximum atomic E-state index is 11.9. The highest BCUT2D eigenvalue weighted by atomic mass is 16.4. The summed E-state index contributed by atoms with van der Waals surface area (Å²) in [5.41, 5.74) is 0.792. The maximum absolute atomic E-state index is 11.9. The molecule has 0 aliphatic carbocycles. The van der Waals surface area contributed by atoms with Crippen molar-refractivity contribution in [3.8, 4) is 0 Å². The molecule has 6 nitrogen and oxygen atoms in total. The third-order valence-corrected chi connectivity index (χ3v) is 2.44. The molecule has 0 fully saturated rings. The van der Waals surface area contributed by atoms with Gasteiger partial charge in [-0.15, -0.1) is 0 Å². The van der Waals surface area contributed by atoms with Gasteiger partial charge in [-0.25, -0.2) is 4.79 Å². The van der Waals surface area contributed by atoms with Crippen molar-refractivity contribution in [2.45, 2.75) is 13.0 Å².